The fourth-order valence-electron chi connectivity index (χ4n) is 2.04. The third-order valence-corrected chi connectivity index (χ3v) is 4.31. The first kappa shape index (κ1) is 21.9. The first-order chi connectivity index (χ1) is 13.2. The molecule has 8 heteroatoms. The molecule has 0 aliphatic heterocycles. The van der Waals surface area contributed by atoms with Crippen molar-refractivity contribution in [2.45, 2.75) is 13.8 Å². The minimum atomic E-state index is -0.399. The maximum absolute atomic E-state index is 12.0. The summed E-state index contributed by atoms with van der Waals surface area (Å²) >= 11 is 17.0. The molecule has 3 N–H and O–H groups in total. The number of amides is 2. The molecule has 0 radical (unpaired) electrons. The lowest BCUT2D eigenvalue weighted by Crippen LogP contribution is -2.32. The van der Waals surface area contributed by atoms with Gasteiger partial charge < -0.3 is 10.6 Å². The van der Waals surface area contributed by atoms with Crippen LogP contribution >= 0.6 is 35.4 Å². The number of rotatable bonds is 5. The Labute approximate surface area is 179 Å². The number of hydrogen-bond donors (Lipinski definition) is 3. The van der Waals surface area contributed by atoms with Crippen molar-refractivity contribution in [2.75, 3.05) is 10.6 Å². The molecule has 0 saturated carbocycles. The van der Waals surface area contributed by atoms with Gasteiger partial charge in [0.1, 0.15) is 0 Å². The van der Waals surface area contributed by atoms with Crippen molar-refractivity contribution in [3.05, 3.63) is 64.1 Å². The lowest BCUT2D eigenvalue weighted by molar-refractivity contribution is -0.119. The average Bonchev–Trinajstić information content (AvgIpc) is 2.62. The summed E-state index contributed by atoms with van der Waals surface area (Å²) in [5, 5.41) is 9.36. The Morgan fingerprint density at radius 2 is 1.61 bits per heavy atom. The van der Waals surface area contributed by atoms with Crippen LogP contribution in [0.4, 0.5) is 11.4 Å². The Balaban J connectivity index is 1.88. The summed E-state index contributed by atoms with van der Waals surface area (Å²) in [5.41, 5.74) is 2.03. The molecule has 0 spiro atoms. The lowest BCUT2D eigenvalue weighted by atomic mass is 10.2. The van der Waals surface area contributed by atoms with Crippen molar-refractivity contribution < 1.29 is 9.59 Å². The summed E-state index contributed by atoms with van der Waals surface area (Å²) in [6.45, 7) is 3.64. The molecule has 0 atom stereocenters. The van der Waals surface area contributed by atoms with Crippen LogP contribution in [0.5, 0.6) is 0 Å². The zero-order valence-corrected chi connectivity index (χ0v) is 17.6. The Bertz CT molecular complexity index is 912. The SMILES string of the molecule is CC(C)C(=O)Nc1ccc(NC(=S)NC(=O)C=Cc2ccc(Cl)cc2Cl)cc1. The molecule has 0 bridgehead atoms. The van der Waals surface area contributed by atoms with Crippen LogP contribution in [0, 0.1) is 5.92 Å². The van der Waals surface area contributed by atoms with E-state index in [1.165, 1.54) is 6.08 Å². The molecule has 0 saturated heterocycles. The Morgan fingerprint density at radius 1 is 1.00 bits per heavy atom. The predicted molar refractivity (Wildman–Crippen MR) is 120 cm³/mol. The second-order valence-corrected chi connectivity index (χ2v) is 7.42. The molecule has 0 aliphatic carbocycles. The number of nitrogens with one attached hydrogen (secondary N) is 3. The first-order valence-corrected chi connectivity index (χ1v) is 9.57. The Hall–Kier alpha value is -2.41. The van der Waals surface area contributed by atoms with Gasteiger partial charge in [-0.05, 0) is 60.3 Å². The second kappa shape index (κ2) is 10.2. The minimum Gasteiger partial charge on any atom is -0.332 e. The number of hydrogen-bond acceptors (Lipinski definition) is 3. The highest BCUT2D eigenvalue weighted by Gasteiger charge is 2.07. The van der Waals surface area contributed by atoms with E-state index in [4.69, 9.17) is 35.4 Å². The molecule has 0 fully saturated rings. The maximum atomic E-state index is 12.0. The van der Waals surface area contributed by atoms with Gasteiger partial charge in [-0.25, -0.2) is 0 Å². The molecule has 0 unspecified atom stereocenters. The topological polar surface area (TPSA) is 70.2 Å². The van der Waals surface area contributed by atoms with Crippen molar-refractivity contribution in [3.63, 3.8) is 0 Å². The van der Waals surface area contributed by atoms with Crippen LogP contribution < -0.4 is 16.0 Å². The monoisotopic (exact) mass is 435 g/mol. The van der Waals surface area contributed by atoms with E-state index in [1.54, 1.807) is 48.5 Å². The third kappa shape index (κ3) is 6.96. The molecule has 146 valence electrons. The Kier molecular flexibility index (Phi) is 7.99. The van der Waals surface area contributed by atoms with Gasteiger partial charge >= 0.3 is 0 Å². The molecular weight excluding hydrogens is 417 g/mol. The molecule has 2 aromatic carbocycles. The maximum Gasteiger partial charge on any atom is 0.250 e. The summed E-state index contributed by atoms with van der Waals surface area (Å²) < 4.78 is 0. The van der Waals surface area contributed by atoms with Crippen LogP contribution in [0.15, 0.2) is 48.5 Å². The van der Waals surface area contributed by atoms with Gasteiger partial charge in [0.15, 0.2) is 5.11 Å². The molecule has 2 amide bonds. The smallest absolute Gasteiger partial charge is 0.250 e. The molecule has 2 rings (SSSR count). The average molecular weight is 436 g/mol. The van der Waals surface area contributed by atoms with Crippen LogP contribution in [-0.2, 0) is 9.59 Å². The van der Waals surface area contributed by atoms with Crippen LogP contribution in [-0.4, -0.2) is 16.9 Å². The molecule has 0 heterocycles. The van der Waals surface area contributed by atoms with Gasteiger partial charge in [0.2, 0.25) is 11.8 Å². The highest BCUT2D eigenvalue weighted by atomic mass is 35.5. The van der Waals surface area contributed by atoms with Gasteiger partial charge in [-0.2, -0.15) is 0 Å². The first-order valence-electron chi connectivity index (χ1n) is 8.40. The van der Waals surface area contributed by atoms with Crippen molar-refractivity contribution >= 4 is 69.8 Å². The fraction of sp³-hybridized carbons (Fsp3) is 0.150. The molecular formula is C20H19Cl2N3O2S. The molecule has 0 aromatic heterocycles. The normalized spacial score (nSPS) is 10.8. The number of carbonyl (C=O) groups is 2. The molecule has 2 aromatic rings. The molecule has 0 aliphatic rings. The van der Waals surface area contributed by atoms with E-state index in [-0.39, 0.29) is 16.9 Å². The Morgan fingerprint density at radius 3 is 2.18 bits per heavy atom. The van der Waals surface area contributed by atoms with E-state index in [0.29, 0.717) is 27.0 Å². The number of benzene rings is 2. The van der Waals surface area contributed by atoms with Crippen molar-refractivity contribution in [2.24, 2.45) is 5.92 Å². The van der Waals surface area contributed by atoms with Crippen molar-refractivity contribution in [3.8, 4) is 0 Å². The van der Waals surface area contributed by atoms with Gasteiger partial charge in [-0.3, -0.25) is 14.9 Å². The zero-order valence-electron chi connectivity index (χ0n) is 15.3. The second-order valence-electron chi connectivity index (χ2n) is 6.16. The van der Waals surface area contributed by atoms with Crippen LogP contribution in [0.1, 0.15) is 19.4 Å². The largest absolute Gasteiger partial charge is 0.332 e. The number of carbonyl (C=O) groups excluding carboxylic acids is 2. The van der Waals surface area contributed by atoms with E-state index in [9.17, 15) is 9.59 Å². The van der Waals surface area contributed by atoms with Crippen LogP contribution in [0.25, 0.3) is 6.08 Å². The summed E-state index contributed by atoms with van der Waals surface area (Å²) in [6.07, 6.45) is 2.90. The molecule has 5 nitrogen and oxygen atoms in total. The van der Waals surface area contributed by atoms with Gasteiger partial charge in [-0.1, -0.05) is 43.1 Å². The van der Waals surface area contributed by atoms with Gasteiger partial charge in [0.25, 0.3) is 0 Å². The van der Waals surface area contributed by atoms with E-state index in [0.717, 1.165) is 0 Å². The van der Waals surface area contributed by atoms with Crippen LogP contribution in [0.3, 0.4) is 0 Å². The highest BCUT2D eigenvalue weighted by molar-refractivity contribution is 7.80. The van der Waals surface area contributed by atoms with Crippen LogP contribution in [0.2, 0.25) is 10.0 Å². The number of anilines is 2. The van der Waals surface area contributed by atoms with Gasteiger partial charge in [0, 0.05) is 33.4 Å². The van der Waals surface area contributed by atoms with E-state index < -0.39 is 5.91 Å². The summed E-state index contributed by atoms with van der Waals surface area (Å²) in [6, 6.07) is 12.0. The predicted octanol–water partition coefficient (Wildman–Crippen LogP) is 5.11. The summed E-state index contributed by atoms with van der Waals surface area (Å²) in [7, 11) is 0. The standard InChI is InChI=1S/C20H19Cl2N3O2S/c1-12(2)19(27)23-15-6-8-16(9-7-15)24-20(28)25-18(26)10-4-13-3-5-14(21)11-17(13)22/h3-12H,1-2H3,(H,23,27)(H2,24,25,26,28). The van der Waals surface area contributed by atoms with Crippen molar-refractivity contribution in [1.29, 1.82) is 0 Å². The molecule has 28 heavy (non-hydrogen) atoms. The number of halogens is 2. The van der Waals surface area contributed by atoms with Crippen molar-refractivity contribution in [1.82, 2.24) is 5.32 Å². The van der Waals surface area contributed by atoms with E-state index >= 15 is 0 Å². The third-order valence-electron chi connectivity index (χ3n) is 3.55. The van der Waals surface area contributed by atoms with E-state index in [1.807, 2.05) is 13.8 Å². The van der Waals surface area contributed by atoms with Gasteiger partial charge in [-0.15, -0.1) is 0 Å². The fourth-order valence-corrected chi connectivity index (χ4v) is 2.73. The number of thiocarbonyl (C=S) groups is 1. The van der Waals surface area contributed by atoms with E-state index in [2.05, 4.69) is 16.0 Å². The van der Waals surface area contributed by atoms with Gasteiger partial charge in [0.05, 0.1) is 0 Å². The summed E-state index contributed by atoms with van der Waals surface area (Å²) in [5.74, 6) is -0.559. The summed E-state index contributed by atoms with van der Waals surface area (Å²) in [4.78, 5) is 23.7. The quantitative estimate of drug-likeness (QED) is 0.450. The minimum absolute atomic E-state index is 0.0592. The lowest BCUT2D eigenvalue weighted by Gasteiger charge is -2.10. The highest BCUT2D eigenvalue weighted by Crippen LogP contribution is 2.22. The zero-order chi connectivity index (χ0) is 20.7.